The summed E-state index contributed by atoms with van der Waals surface area (Å²) in [6.07, 6.45) is 0. The van der Waals surface area contributed by atoms with E-state index in [0.717, 1.165) is 16.0 Å². The molecule has 0 bridgehead atoms. The Morgan fingerprint density at radius 1 is 1.42 bits per heavy atom. The molecule has 19 heavy (non-hydrogen) atoms. The second-order valence-corrected chi connectivity index (χ2v) is 6.27. The van der Waals surface area contributed by atoms with Gasteiger partial charge in [0.05, 0.1) is 18.8 Å². The number of esters is 1. The normalized spacial score (nSPS) is 11.9. The average molecular weight is 301 g/mol. The second-order valence-electron chi connectivity index (χ2n) is 3.73. The molecule has 2 aromatic rings. The van der Waals surface area contributed by atoms with Crippen LogP contribution in [0.3, 0.4) is 0 Å². The van der Waals surface area contributed by atoms with Gasteiger partial charge >= 0.3 is 5.97 Å². The van der Waals surface area contributed by atoms with Gasteiger partial charge in [-0.05, 0) is 12.1 Å². The molecule has 0 spiro atoms. The minimum absolute atomic E-state index is 0.0325. The van der Waals surface area contributed by atoms with Gasteiger partial charge in [-0.15, -0.1) is 0 Å². The van der Waals surface area contributed by atoms with Crippen LogP contribution in [-0.2, 0) is 19.6 Å². The van der Waals surface area contributed by atoms with E-state index < -0.39 is 16.0 Å². The van der Waals surface area contributed by atoms with Crippen LogP contribution in [0.25, 0.3) is 11.0 Å². The van der Waals surface area contributed by atoms with Crippen LogP contribution in [0.15, 0.2) is 23.1 Å². The molecule has 0 aliphatic rings. The Bertz CT molecular complexity index is 710. The minimum Gasteiger partial charge on any atom is -0.468 e. The lowest BCUT2D eigenvalue weighted by atomic mass is 10.3. The molecule has 0 fully saturated rings. The molecule has 0 atom stereocenters. The van der Waals surface area contributed by atoms with E-state index in [2.05, 4.69) is 13.5 Å². The van der Waals surface area contributed by atoms with Crippen molar-refractivity contribution in [3.05, 3.63) is 18.2 Å². The molecule has 0 saturated heterocycles. The number of nitrogens with zero attached hydrogens (tertiary/aromatic N) is 3. The molecule has 0 aliphatic heterocycles. The lowest BCUT2D eigenvalue weighted by molar-refractivity contribution is -0.140. The maximum Gasteiger partial charge on any atom is 0.321 e. The molecule has 7 nitrogen and oxygen atoms in total. The molecule has 1 aromatic carbocycles. The highest BCUT2D eigenvalue weighted by Crippen LogP contribution is 2.23. The van der Waals surface area contributed by atoms with Crippen molar-refractivity contribution in [2.24, 2.45) is 0 Å². The zero-order chi connectivity index (χ0) is 14.0. The Labute approximate surface area is 114 Å². The summed E-state index contributed by atoms with van der Waals surface area (Å²) in [6.45, 7) is -0.354. The third-order valence-corrected chi connectivity index (χ3v) is 4.89. The number of benzene rings is 1. The first-order valence-corrected chi connectivity index (χ1v) is 7.38. The fourth-order valence-electron chi connectivity index (χ4n) is 1.49. The van der Waals surface area contributed by atoms with E-state index in [4.69, 9.17) is 0 Å². The van der Waals surface area contributed by atoms with Crippen molar-refractivity contribution >= 4 is 38.8 Å². The topological polar surface area (TPSA) is 89.5 Å². The van der Waals surface area contributed by atoms with Gasteiger partial charge in [-0.25, -0.2) is 8.42 Å². The number of hydrogen-bond acceptors (Lipinski definition) is 7. The molecule has 0 N–H and O–H groups in total. The van der Waals surface area contributed by atoms with Gasteiger partial charge in [0.1, 0.15) is 22.5 Å². The zero-order valence-corrected chi connectivity index (χ0v) is 11.9. The quantitative estimate of drug-likeness (QED) is 0.763. The summed E-state index contributed by atoms with van der Waals surface area (Å²) >= 11 is 0.939. The zero-order valence-electron chi connectivity index (χ0n) is 10.2. The van der Waals surface area contributed by atoms with Crippen molar-refractivity contribution < 1.29 is 17.9 Å². The van der Waals surface area contributed by atoms with E-state index in [1.165, 1.54) is 20.2 Å². The van der Waals surface area contributed by atoms with Gasteiger partial charge in [-0.3, -0.25) is 4.79 Å². The van der Waals surface area contributed by atoms with E-state index in [0.29, 0.717) is 11.0 Å². The molecule has 1 heterocycles. The molecule has 0 aliphatic carbocycles. The van der Waals surface area contributed by atoms with Crippen LogP contribution in [0, 0.1) is 0 Å². The predicted molar refractivity (Wildman–Crippen MR) is 69.2 cm³/mol. The van der Waals surface area contributed by atoms with Gasteiger partial charge in [-0.1, -0.05) is 6.07 Å². The number of rotatable bonds is 4. The minimum atomic E-state index is -3.80. The standard InChI is InChI=1S/C10H11N3O4S2/c1-13(6-9(14)17-2)19(15,16)8-5-3-4-7-10(8)12-18-11-7/h3-5H,6H2,1-2H3. The number of carbonyl (C=O) groups is 1. The molecule has 0 amide bonds. The highest BCUT2D eigenvalue weighted by atomic mass is 32.2. The largest absolute Gasteiger partial charge is 0.468 e. The monoisotopic (exact) mass is 301 g/mol. The summed E-state index contributed by atoms with van der Waals surface area (Å²) in [5, 5.41) is 0. The molecule has 0 saturated carbocycles. The Hall–Kier alpha value is -1.58. The van der Waals surface area contributed by atoms with E-state index >= 15 is 0 Å². The fourth-order valence-corrected chi connectivity index (χ4v) is 3.35. The molecule has 0 unspecified atom stereocenters. The van der Waals surface area contributed by atoms with Crippen molar-refractivity contribution in [2.45, 2.75) is 4.90 Å². The number of fused-ring (bicyclic) bond motifs is 1. The smallest absolute Gasteiger partial charge is 0.321 e. The first-order chi connectivity index (χ1) is 8.96. The Balaban J connectivity index is 2.44. The summed E-state index contributed by atoms with van der Waals surface area (Å²) in [5.74, 6) is -0.630. The maximum atomic E-state index is 12.4. The van der Waals surface area contributed by atoms with E-state index in [1.807, 2.05) is 0 Å². The van der Waals surface area contributed by atoms with E-state index in [9.17, 15) is 13.2 Å². The van der Waals surface area contributed by atoms with Crippen LogP contribution < -0.4 is 0 Å². The average Bonchev–Trinajstić information content (AvgIpc) is 2.86. The van der Waals surface area contributed by atoms with Crippen molar-refractivity contribution in [1.29, 1.82) is 0 Å². The lowest BCUT2D eigenvalue weighted by Crippen LogP contribution is -2.32. The first-order valence-electron chi connectivity index (χ1n) is 5.21. The Kier molecular flexibility index (Phi) is 3.78. The third-order valence-electron chi connectivity index (χ3n) is 2.52. The molecule has 0 radical (unpaired) electrons. The summed E-state index contributed by atoms with van der Waals surface area (Å²) in [6, 6.07) is 4.70. The molecule has 102 valence electrons. The van der Waals surface area contributed by atoms with Gasteiger partial charge in [0.15, 0.2) is 0 Å². The maximum absolute atomic E-state index is 12.4. The van der Waals surface area contributed by atoms with Gasteiger partial charge in [0.25, 0.3) is 0 Å². The Morgan fingerprint density at radius 2 is 2.16 bits per heavy atom. The third kappa shape index (κ3) is 2.57. The van der Waals surface area contributed by atoms with Crippen molar-refractivity contribution in [3.8, 4) is 0 Å². The van der Waals surface area contributed by atoms with Crippen molar-refractivity contribution in [1.82, 2.24) is 13.1 Å². The summed E-state index contributed by atoms with van der Waals surface area (Å²) in [5.41, 5.74) is 0.821. The molecule has 9 heteroatoms. The number of aromatic nitrogens is 2. The summed E-state index contributed by atoms with van der Waals surface area (Å²) in [4.78, 5) is 11.2. The van der Waals surface area contributed by atoms with Crippen molar-refractivity contribution in [2.75, 3.05) is 20.7 Å². The van der Waals surface area contributed by atoms with Crippen LogP contribution in [0.2, 0.25) is 0 Å². The van der Waals surface area contributed by atoms with Gasteiger partial charge in [0.2, 0.25) is 10.0 Å². The van der Waals surface area contributed by atoms with Crippen LogP contribution in [0.4, 0.5) is 0 Å². The number of likely N-dealkylation sites (N-methyl/N-ethyl adjacent to an activating group) is 1. The fraction of sp³-hybridized carbons (Fsp3) is 0.300. The molecule has 1 aromatic heterocycles. The van der Waals surface area contributed by atoms with E-state index in [1.54, 1.807) is 12.1 Å². The van der Waals surface area contributed by atoms with Gasteiger partial charge < -0.3 is 4.74 Å². The predicted octanol–water partition coefficient (Wildman–Crippen LogP) is 0.485. The summed E-state index contributed by atoms with van der Waals surface area (Å²) < 4.78 is 38.0. The number of methoxy groups -OCH3 is 1. The molecular weight excluding hydrogens is 290 g/mol. The van der Waals surface area contributed by atoms with Crippen LogP contribution in [-0.4, -0.2) is 48.1 Å². The summed E-state index contributed by atoms with van der Waals surface area (Å²) in [7, 11) is -1.29. The number of ether oxygens (including phenoxy) is 1. The molecule has 2 rings (SSSR count). The van der Waals surface area contributed by atoms with Crippen LogP contribution in [0.5, 0.6) is 0 Å². The number of sulfonamides is 1. The van der Waals surface area contributed by atoms with E-state index in [-0.39, 0.29) is 11.4 Å². The van der Waals surface area contributed by atoms with Gasteiger partial charge in [0, 0.05) is 7.05 Å². The lowest BCUT2D eigenvalue weighted by Gasteiger charge is -2.15. The van der Waals surface area contributed by atoms with Crippen molar-refractivity contribution in [3.63, 3.8) is 0 Å². The van der Waals surface area contributed by atoms with Crippen LogP contribution in [0.1, 0.15) is 0 Å². The number of hydrogen-bond donors (Lipinski definition) is 0. The SMILES string of the molecule is COC(=O)CN(C)S(=O)(=O)c1cccc2nsnc12. The van der Waals surface area contributed by atoms with Crippen LogP contribution >= 0.6 is 11.7 Å². The molecular formula is C10H11N3O4S2. The first kappa shape index (κ1) is 13.8. The van der Waals surface area contributed by atoms with Gasteiger partial charge in [-0.2, -0.15) is 13.1 Å². The number of carbonyl (C=O) groups excluding carboxylic acids is 1. The second kappa shape index (κ2) is 5.19. The highest BCUT2D eigenvalue weighted by Gasteiger charge is 2.26. The highest BCUT2D eigenvalue weighted by molar-refractivity contribution is 7.89. The Morgan fingerprint density at radius 3 is 2.84 bits per heavy atom.